The van der Waals surface area contributed by atoms with Gasteiger partial charge in [0.25, 0.3) is 0 Å². The first-order valence-electron chi connectivity index (χ1n) is 7.43. The molecule has 5 heteroatoms. The van der Waals surface area contributed by atoms with E-state index in [0.717, 1.165) is 12.1 Å². The van der Waals surface area contributed by atoms with E-state index in [-0.39, 0.29) is 18.0 Å². The molecule has 0 spiro atoms. The quantitative estimate of drug-likeness (QED) is 0.872. The molecule has 0 aliphatic carbocycles. The van der Waals surface area contributed by atoms with Gasteiger partial charge in [-0.1, -0.05) is 12.1 Å². The molecule has 1 aromatic carbocycles. The van der Waals surface area contributed by atoms with E-state index in [1.165, 1.54) is 12.1 Å². The van der Waals surface area contributed by atoms with Crippen molar-refractivity contribution in [3.05, 3.63) is 35.6 Å². The summed E-state index contributed by atoms with van der Waals surface area (Å²) in [4.78, 5) is 2.13. The number of benzene rings is 1. The largest absolute Gasteiger partial charge is 0.389 e. The zero-order chi connectivity index (χ0) is 15.2. The monoisotopic (exact) mass is 297 g/mol. The predicted octanol–water partition coefficient (Wildman–Crippen LogP) is 1.98. The Hall–Kier alpha value is -1.01. The van der Waals surface area contributed by atoms with Gasteiger partial charge >= 0.3 is 0 Å². The second-order valence-corrected chi connectivity index (χ2v) is 5.71. The van der Waals surface area contributed by atoms with Crippen LogP contribution >= 0.6 is 0 Å². The highest BCUT2D eigenvalue weighted by Gasteiger charge is 2.23. The van der Waals surface area contributed by atoms with Crippen molar-refractivity contribution in [1.82, 2.24) is 4.90 Å². The van der Waals surface area contributed by atoms with Crippen molar-refractivity contribution >= 4 is 0 Å². The highest BCUT2D eigenvalue weighted by atomic mass is 19.1. The maximum absolute atomic E-state index is 13.3. The Bertz CT molecular complexity index is 441. The molecular weight excluding hydrogens is 273 g/mol. The summed E-state index contributed by atoms with van der Waals surface area (Å²) in [7, 11) is 0. The van der Waals surface area contributed by atoms with Crippen molar-refractivity contribution in [1.29, 1.82) is 0 Å². The SMILES string of the molecule is CC(C)OCC(O)CN1CCOC(c2cccc(F)c2)C1. The predicted molar refractivity (Wildman–Crippen MR) is 78.6 cm³/mol. The summed E-state index contributed by atoms with van der Waals surface area (Å²) in [5.74, 6) is -0.251. The molecule has 2 unspecified atom stereocenters. The number of aliphatic hydroxyl groups excluding tert-OH is 1. The summed E-state index contributed by atoms with van der Waals surface area (Å²) in [5, 5.41) is 9.98. The number of β-amino-alcohol motifs (C(OH)–C–C–N with tert-alkyl or cyclic N) is 1. The number of halogens is 1. The van der Waals surface area contributed by atoms with E-state index in [2.05, 4.69) is 4.90 Å². The van der Waals surface area contributed by atoms with Crippen molar-refractivity contribution in [2.75, 3.05) is 32.8 Å². The van der Waals surface area contributed by atoms with Gasteiger partial charge in [-0.3, -0.25) is 4.90 Å². The van der Waals surface area contributed by atoms with Crippen LogP contribution in [0.15, 0.2) is 24.3 Å². The van der Waals surface area contributed by atoms with Gasteiger partial charge in [-0.15, -0.1) is 0 Å². The molecule has 0 saturated carbocycles. The number of hydrogen-bond acceptors (Lipinski definition) is 4. The van der Waals surface area contributed by atoms with E-state index < -0.39 is 6.10 Å². The Morgan fingerprint density at radius 2 is 2.29 bits per heavy atom. The first-order chi connectivity index (χ1) is 10.0. The van der Waals surface area contributed by atoms with E-state index in [9.17, 15) is 9.50 Å². The minimum Gasteiger partial charge on any atom is -0.389 e. The summed E-state index contributed by atoms with van der Waals surface area (Å²) in [6.07, 6.45) is -0.546. The van der Waals surface area contributed by atoms with Gasteiger partial charge in [-0.05, 0) is 31.5 Å². The first kappa shape index (κ1) is 16.4. The second-order valence-electron chi connectivity index (χ2n) is 5.71. The molecule has 1 saturated heterocycles. The van der Waals surface area contributed by atoms with E-state index >= 15 is 0 Å². The van der Waals surface area contributed by atoms with Gasteiger partial charge in [0.05, 0.1) is 31.5 Å². The Balaban J connectivity index is 1.86. The average Bonchev–Trinajstić information content (AvgIpc) is 2.45. The number of rotatable bonds is 6. The van der Waals surface area contributed by atoms with Crippen LogP contribution in [0, 0.1) is 5.82 Å². The van der Waals surface area contributed by atoms with E-state index in [1.54, 1.807) is 6.07 Å². The lowest BCUT2D eigenvalue weighted by atomic mass is 10.1. The summed E-state index contributed by atoms with van der Waals surface area (Å²) in [6, 6.07) is 6.50. The molecule has 1 fully saturated rings. The third kappa shape index (κ3) is 5.36. The third-order valence-corrected chi connectivity index (χ3v) is 3.46. The molecule has 2 atom stereocenters. The van der Waals surface area contributed by atoms with Crippen LogP contribution in [0.4, 0.5) is 4.39 Å². The molecular formula is C16H24FNO3. The maximum Gasteiger partial charge on any atom is 0.123 e. The molecule has 4 nitrogen and oxygen atoms in total. The zero-order valence-electron chi connectivity index (χ0n) is 12.7. The molecule has 1 N–H and O–H groups in total. The fourth-order valence-electron chi connectivity index (χ4n) is 2.43. The Labute approximate surface area is 125 Å². The molecule has 1 heterocycles. The van der Waals surface area contributed by atoms with Gasteiger partial charge in [-0.25, -0.2) is 4.39 Å². The van der Waals surface area contributed by atoms with Crippen LogP contribution in [0.5, 0.6) is 0 Å². The van der Waals surface area contributed by atoms with Crippen molar-refractivity contribution in [3.63, 3.8) is 0 Å². The fourth-order valence-corrected chi connectivity index (χ4v) is 2.43. The van der Waals surface area contributed by atoms with Crippen LogP contribution in [0.2, 0.25) is 0 Å². The van der Waals surface area contributed by atoms with Gasteiger partial charge in [-0.2, -0.15) is 0 Å². The fraction of sp³-hybridized carbons (Fsp3) is 0.625. The number of nitrogens with zero attached hydrogens (tertiary/aromatic N) is 1. The van der Waals surface area contributed by atoms with E-state index in [4.69, 9.17) is 9.47 Å². The smallest absolute Gasteiger partial charge is 0.123 e. The molecule has 118 valence electrons. The van der Waals surface area contributed by atoms with Crippen LogP contribution < -0.4 is 0 Å². The minimum absolute atomic E-state index is 0.115. The third-order valence-electron chi connectivity index (χ3n) is 3.46. The Morgan fingerprint density at radius 3 is 3.00 bits per heavy atom. The lowest BCUT2D eigenvalue weighted by Gasteiger charge is -2.34. The van der Waals surface area contributed by atoms with Crippen molar-refractivity contribution in [3.8, 4) is 0 Å². The van der Waals surface area contributed by atoms with Gasteiger partial charge in [0.15, 0.2) is 0 Å². The Kier molecular flexibility index (Phi) is 6.11. The average molecular weight is 297 g/mol. The number of hydrogen-bond donors (Lipinski definition) is 1. The second kappa shape index (κ2) is 7.84. The summed E-state index contributed by atoms with van der Waals surface area (Å²) in [6.45, 7) is 6.77. The van der Waals surface area contributed by atoms with Crippen molar-refractivity contribution < 1.29 is 19.0 Å². The molecule has 21 heavy (non-hydrogen) atoms. The number of aliphatic hydroxyl groups is 1. The van der Waals surface area contributed by atoms with Crippen molar-refractivity contribution in [2.45, 2.75) is 32.2 Å². The van der Waals surface area contributed by atoms with Crippen molar-refractivity contribution in [2.24, 2.45) is 0 Å². The standard InChI is InChI=1S/C16H24FNO3/c1-12(2)21-11-15(19)9-18-6-7-20-16(10-18)13-4-3-5-14(17)8-13/h3-5,8,12,15-16,19H,6-7,9-11H2,1-2H3. The first-order valence-corrected chi connectivity index (χ1v) is 7.43. The summed E-state index contributed by atoms with van der Waals surface area (Å²) >= 11 is 0. The molecule has 0 amide bonds. The lowest BCUT2D eigenvalue weighted by molar-refractivity contribution is -0.0574. The number of morpholine rings is 1. The molecule has 2 rings (SSSR count). The summed E-state index contributed by atoms with van der Waals surface area (Å²) < 4.78 is 24.4. The van der Waals surface area contributed by atoms with Gasteiger partial charge < -0.3 is 14.6 Å². The zero-order valence-corrected chi connectivity index (χ0v) is 12.7. The van der Waals surface area contributed by atoms with Crippen LogP contribution in [0.3, 0.4) is 0 Å². The highest BCUT2D eigenvalue weighted by molar-refractivity contribution is 5.19. The molecule has 0 aromatic heterocycles. The molecule has 1 aromatic rings. The molecule has 0 bridgehead atoms. The van der Waals surface area contributed by atoms with Gasteiger partial charge in [0, 0.05) is 19.6 Å². The maximum atomic E-state index is 13.3. The summed E-state index contributed by atoms with van der Waals surface area (Å²) in [5.41, 5.74) is 0.840. The topological polar surface area (TPSA) is 41.9 Å². The molecule has 1 aliphatic rings. The molecule has 1 aliphatic heterocycles. The van der Waals surface area contributed by atoms with Gasteiger partial charge in [0.2, 0.25) is 0 Å². The van der Waals surface area contributed by atoms with Crippen LogP contribution in [-0.2, 0) is 9.47 Å². The van der Waals surface area contributed by atoms with E-state index in [0.29, 0.717) is 26.3 Å². The highest BCUT2D eigenvalue weighted by Crippen LogP contribution is 2.22. The van der Waals surface area contributed by atoms with E-state index in [1.807, 2.05) is 19.9 Å². The number of ether oxygens (including phenoxy) is 2. The lowest BCUT2D eigenvalue weighted by Crippen LogP contribution is -2.43. The Morgan fingerprint density at radius 1 is 1.48 bits per heavy atom. The normalized spacial score (nSPS) is 21.7. The van der Waals surface area contributed by atoms with Crippen LogP contribution in [-0.4, -0.2) is 55.1 Å². The minimum atomic E-state index is -0.515. The van der Waals surface area contributed by atoms with Crippen LogP contribution in [0.25, 0.3) is 0 Å². The van der Waals surface area contributed by atoms with Gasteiger partial charge in [0.1, 0.15) is 5.82 Å². The van der Waals surface area contributed by atoms with Crippen LogP contribution in [0.1, 0.15) is 25.5 Å². The molecule has 0 radical (unpaired) electrons.